The van der Waals surface area contributed by atoms with E-state index in [9.17, 15) is 24.0 Å². The molecular weight excluding hydrogens is 1020 g/mol. The number of rotatable bonds is 23. The van der Waals surface area contributed by atoms with Crippen LogP contribution < -0.4 is 31.9 Å². The van der Waals surface area contributed by atoms with E-state index in [4.69, 9.17) is 11.3 Å². The molecule has 0 unspecified atom stereocenters. The van der Waals surface area contributed by atoms with Crippen molar-refractivity contribution < 1.29 is 38.3 Å². The predicted molar refractivity (Wildman–Crippen MR) is 288 cm³/mol. The summed E-state index contributed by atoms with van der Waals surface area (Å²) in [6.45, 7) is 19.4. The zero-order chi connectivity index (χ0) is 53.2. The van der Waals surface area contributed by atoms with Crippen molar-refractivity contribution in [3.8, 4) is 0 Å². The van der Waals surface area contributed by atoms with Crippen molar-refractivity contribution in [1.29, 1.82) is 0 Å². The van der Waals surface area contributed by atoms with E-state index in [1.54, 1.807) is 7.05 Å². The quantitative estimate of drug-likeness (QED) is 0.0480. The third kappa shape index (κ3) is 20.5. The number of unbranched alkanes of at least 4 members (excludes halogenated alkanes) is 3. The molecule has 1 heterocycles. The van der Waals surface area contributed by atoms with Crippen molar-refractivity contribution in [3.05, 3.63) is 82.0 Å². The molecule has 1 aliphatic heterocycles. The summed E-state index contributed by atoms with van der Waals surface area (Å²) in [6, 6.07) is 11.4. The Morgan fingerprint density at radius 2 is 1.25 bits per heavy atom. The number of esters is 1. The van der Waals surface area contributed by atoms with Crippen LogP contribution in [-0.2, 0) is 46.3 Å². The van der Waals surface area contributed by atoms with Crippen molar-refractivity contribution in [2.45, 2.75) is 188 Å². The molecule has 400 valence electrons. The zero-order valence-electron chi connectivity index (χ0n) is 45.0. The first-order valence-electron chi connectivity index (χ1n) is 26.7. The number of hydrogen-bond acceptors (Lipinski definition) is 8. The topological polar surface area (TPSA) is 204 Å². The summed E-state index contributed by atoms with van der Waals surface area (Å²) in [5.41, 5.74) is 1.62. The summed E-state index contributed by atoms with van der Waals surface area (Å²) in [6.07, 6.45) is 8.33. The number of benzene rings is 2. The first kappa shape index (κ1) is 61.4. The van der Waals surface area contributed by atoms with Gasteiger partial charge in [0.05, 0.1) is 7.11 Å². The molecule has 0 aliphatic carbocycles. The number of carbonyl (C=O) groups excluding carboxylic acids is 7. The molecule has 15 nitrogen and oxygen atoms in total. The van der Waals surface area contributed by atoms with Gasteiger partial charge >= 0.3 is 357 Å². The second-order valence-corrected chi connectivity index (χ2v) is 34.3. The van der Waals surface area contributed by atoms with Gasteiger partial charge in [-0.1, -0.05) is 30.3 Å². The van der Waals surface area contributed by atoms with Gasteiger partial charge in [-0.05, 0) is 5.56 Å². The van der Waals surface area contributed by atoms with Crippen molar-refractivity contribution in [2.75, 3.05) is 20.7 Å². The molecule has 0 bridgehead atoms. The van der Waals surface area contributed by atoms with Gasteiger partial charge in [-0.3, -0.25) is 0 Å². The molecule has 1 fully saturated rings. The number of nitrogens with zero attached hydrogens (tertiary/aromatic N) is 1. The number of hydrogen-bond donors (Lipinski definition) is 6. The molecule has 6 atom stereocenters. The number of methoxy groups -OCH3 is 1. The number of carbonyl (C=O) groups is 7. The Morgan fingerprint density at radius 3 is 1.79 bits per heavy atom. The van der Waals surface area contributed by atoms with Crippen LogP contribution in [0, 0.1) is 11.8 Å². The van der Waals surface area contributed by atoms with Gasteiger partial charge in [-0.15, -0.1) is 0 Å². The molecule has 0 aromatic heterocycles. The van der Waals surface area contributed by atoms with E-state index in [1.165, 1.54) is 12.0 Å². The fourth-order valence-corrected chi connectivity index (χ4v) is 25.4. The molecule has 2 aromatic carbocycles. The van der Waals surface area contributed by atoms with Crippen LogP contribution in [0.15, 0.2) is 70.8 Å². The second-order valence-electron chi connectivity index (χ2n) is 20.7. The fourth-order valence-electron chi connectivity index (χ4n) is 9.59. The number of likely N-dealkylation sites (N-methyl/N-ethyl adjacent to an activating group) is 1. The van der Waals surface area contributed by atoms with Crippen LogP contribution in [-0.4, -0.2) is 122 Å². The van der Waals surface area contributed by atoms with E-state index in [0.29, 0.717) is 12.8 Å². The number of ether oxygens (including phenoxy) is 1. The molecule has 0 radical (unpaired) electrons. The first-order valence-corrected chi connectivity index (χ1v) is 34.2. The Kier molecular flexibility index (Phi) is 27.5. The molecule has 16 heteroatoms. The Labute approximate surface area is 435 Å². The molecule has 7 amide bonds. The second kappa shape index (κ2) is 32.3. The van der Waals surface area contributed by atoms with E-state index in [1.807, 2.05) is 88.4 Å². The molecular formula is C56H89N7O8Sn. The minimum absolute atomic E-state index is 0.0580. The number of nitrogens with one attached hydrogen (secondary N) is 6. The summed E-state index contributed by atoms with van der Waals surface area (Å²) in [7, 11) is 2.84. The van der Waals surface area contributed by atoms with Gasteiger partial charge in [0.2, 0.25) is 0 Å². The molecule has 1 aliphatic rings. The fraction of sp³-hybridized carbons (Fsp3) is 0.625. The number of amides is 7. The van der Waals surface area contributed by atoms with Gasteiger partial charge in [0, 0.05) is 6.42 Å². The molecule has 72 heavy (non-hydrogen) atoms. The standard InChI is InChI=1S/C44H62N7O8.3C4H9.Sn/c1-8-17-37-41(55)47-34(26-30-18-11-9-12-19-30)38(52)45-23-16-15-22-32(49-44(58)50-36(43(57)59-7)27-31-20-13-10-14-21-31)39(53)46-33(24-28(2)3)40(54)48-35(25-29(4)5)42(56)51(37)6;3*1-3-4-2;/h9-14,18-21,28-29,32-37H,1,15-17,22-27H2,2-7H3,(H,45,52)(H,46,53)(H,47,55)(H,48,54)(H2,49,50,58);3*1,3-4H2,2H3;/t32-,33+,34+,35+,36+,37+;;;;/m1..../s1. The zero-order valence-corrected chi connectivity index (χ0v) is 47.9. The maximum absolute atomic E-state index is 15.1. The number of urea groups is 1. The average molecular weight is 1110 g/mol. The maximum atomic E-state index is 15.1. The first-order chi connectivity index (χ1) is 34.4. The van der Waals surface area contributed by atoms with Gasteiger partial charge in [0.1, 0.15) is 6.04 Å². The van der Waals surface area contributed by atoms with E-state index >= 15 is 9.59 Å². The average Bonchev–Trinajstić information content (AvgIpc) is 3.35. The van der Waals surface area contributed by atoms with E-state index < -0.39 is 96.2 Å². The Morgan fingerprint density at radius 1 is 0.722 bits per heavy atom. The normalized spacial score (nSPS) is 20.5. The SMILES string of the molecule is C=[C](C[C@H]1C(=O)N[C@@H](Cc2ccccc2)C(=O)NCCCC[C@@H](NC(=O)N[C@@H](Cc2ccccc2)C(=O)OC)C(=O)N[C@@H](CC(C)C)C(=O)N[C@@H](CC(C)C)C(=O)N1C)[Sn]([CH2]CCC)([CH2]CCC)[CH2]CCC. The Hall–Kier alpha value is -4.93. The summed E-state index contributed by atoms with van der Waals surface area (Å²) < 4.78 is 9.47. The Balaban J connectivity index is 2.13. The summed E-state index contributed by atoms with van der Waals surface area (Å²) in [4.78, 5) is 101. The van der Waals surface area contributed by atoms with Crippen molar-refractivity contribution in [1.82, 2.24) is 36.8 Å². The van der Waals surface area contributed by atoms with Crippen LogP contribution in [0.3, 0.4) is 0 Å². The van der Waals surface area contributed by atoms with Crippen molar-refractivity contribution >= 4 is 59.9 Å². The van der Waals surface area contributed by atoms with Gasteiger partial charge < -0.3 is 15.4 Å². The van der Waals surface area contributed by atoms with Crippen LogP contribution in [0.1, 0.15) is 137 Å². The van der Waals surface area contributed by atoms with E-state index in [-0.39, 0.29) is 56.9 Å². The van der Waals surface area contributed by atoms with Crippen molar-refractivity contribution in [2.24, 2.45) is 11.8 Å². The van der Waals surface area contributed by atoms with Gasteiger partial charge in [-0.25, -0.2) is 9.59 Å². The van der Waals surface area contributed by atoms with Crippen LogP contribution in [0.5, 0.6) is 0 Å². The third-order valence-corrected chi connectivity index (χ3v) is 29.9. The molecule has 3 rings (SSSR count). The minimum atomic E-state index is -3.22. The van der Waals surface area contributed by atoms with Crippen LogP contribution in [0.4, 0.5) is 4.79 Å². The van der Waals surface area contributed by atoms with Gasteiger partial charge in [0.25, 0.3) is 0 Å². The molecule has 0 saturated carbocycles. The summed E-state index contributed by atoms with van der Waals surface area (Å²) in [5, 5.41) is 17.4. The monoisotopic (exact) mass is 1110 g/mol. The van der Waals surface area contributed by atoms with Gasteiger partial charge in [0.15, 0.2) is 0 Å². The molecule has 0 spiro atoms. The molecule has 6 N–H and O–H groups in total. The van der Waals surface area contributed by atoms with Crippen LogP contribution in [0.2, 0.25) is 13.3 Å². The molecule has 2 aromatic rings. The Bertz CT molecular complexity index is 2010. The molecule has 1 saturated heterocycles. The van der Waals surface area contributed by atoms with Crippen LogP contribution in [0.25, 0.3) is 0 Å². The van der Waals surface area contributed by atoms with Gasteiger partial charge in [-0.2, -0.15) is 0 Å². The third-order valence-electron chi connectivity index (χ3n) is 13.8. The van der Waals surface area contributed by atoms with Crippen LogP contribution >= 0.6 is 0 Å². The summed E-state index contributed by atoms with van der Waals surface area (Å²) in [5.74, 6) is -3.33. The summed E-state index contributed by atoms with van der Waals surface area (Å²) >= 11 is -3.22. The predicted octanol–water partition coefficient (Wildman–Crippen LogP) is 7.69. The van der Waals surface area contributed by atoms with E-state index in [2.05, 4.69) is 52.7 Å². The van der Waals surface area contributed by atoms with Crippen molar-refractivity contribution in [3.63, 3.8) is 0 Å². The van der Waals surface area contributed by atoms with E-state index in [0.717, 1.165) is 66.6 Å².